The summed E-state index contributed by atoms with van der Waals surface area (Å²) < 4.78 is 38.3. The summed E-state index contributed by atoms with van der Waals surface area (Å²) in [5.74, 6) is -0.627. The van der Waals surface area contributed by atoms with E-state index in [0.29, 0.717) is 10.8 Å². The van der Waals surface area contributed by atoms with E-state index in [9.17, 15) is 18.0 Å². The number of carbonyl (C=O) groups excluding carboxylic acids is 1. The molecule has 3 aromatic rings. The van der Waals surface area contributed by atoms with Gasteiger partial charge in [0.1, 0.15) is 0 Å². The lowest BCUT2D eigenvalue weighted by molar-refractivity contribution is -0.137. The molecule has 0 aliphatic rings. The highest BCUT2D eigenvalue weighted by Gasteiger charge is 2.30. The molecule has 3 nitrogen and oxygen atoms in total. The maximum absolute atomic E-state index is 12.8. The van der Waals surface area contributed by atoms with E-state index in [0.717, 1.165) is 28.8 Å². The van der Waals surface area contributed by atoms with Crippen LogP contribution in [0.15, 0.2) is 47.8 Å². The summed E-state index contributed by atoms with van der Waals surface area (Å²) in [7, 11) is 0. The summed E-state index contributed by atoms with van der Waals surface area (Å²) in [6, 6.07) is 10.3. The van der Waals surface area contributed by atoms with E-state index in [2.05, 4.69) is 10.3 Å². The second-order valence-corrected chi connectivity index (χ2v) is 6.75. The molecule has 0 saturated heterocycles. The van der Waals surface area contributed by atoms with Crippen molar-refractivity contribution in [2.45, 2.75) is 20.0 Å². The quantitative estimate of drug-likeness (QED) is 0.637. The molecule has 1 N–H and O–H groups in total. The van der Waals surface area contributed by atoms with Crippen molar-refractivity contribution in [2.24, 2.45) is 0 Å². The number of carbonyl (C=O) groups is 1. The molecule has 0 aliphatic heterocycles. The number of thiazole rings is 1. The SMILES string of the molecule is Cc1ccc(-c2csc(NC(=O)c3cccc(C(F)(F)F)c3)n2)c(C)c1. The molecule has 7 heteroatoms. The van der Waals surface area contributed by atoms with Gasteiger partial charge in [-0.05, 0) is 37.6 Å². The van der Waals surface area contributed by atoms with Crippen molar-refractivity contribution < 1.29 is 18.0 Å². The summed E-state index contributed by atoms with van der Waals surface area (Å²) in [5, 5.41) is 4.70. The van der Waals surface area contributed by atoms with E-state index in [1.807, 2.05) is 32.0 Å². The third kappa shape index (κ3) is 3.94. The van der Waals surface area contributed by atoms with Gasteiger partial charge in [-0.3, -0.25) is 10.1 Å². The van der Waals surface area contributed by atoms with Crippen LogP contribution in [0.4, 0.5) is 18.3 Å². The fourth-order valence-electron chi connectivity index (χ4n) is 2.56. The van der Waals surface area contributed by atoms with Crippen LogP contribution in [0.1, 0.15) is 27.0 Å². The molecule has 0 fully saturated rings. The Labute approximate surface area is 152 Å². The van der Waals surface area contributed by atoms with Gasteiger partial charge in [0.15, 0.2) is 5.13 Å². The number of alkyl halides is 3. The van der Waals surface area contributed by atoms with Crippen molar-refractivity contribution in [3.63, 3.8) is 0 Å². The van der Waals surface area contributed by atoms with Crippen LogP contribution in [0.5, 0.6) is 0 Å². The molecule has 1 aromatic heterocycles. The number of amides is 1. The van der Waals surface area contributed by atoms with Crippen LogP contribution in [0.3, 0.4) is 0 Å². The van der Waals surface area contributed by atoms with E-state index < -0.39 is 17.6 Å². The lowest BCUT2D eigenvalue weighted by Gasteiger charge is -2.08. The first kappa shape index (κ1) is 18.1. The Morgan fingerprint density at radius 1 is 1.12 bits per heavy atom. The summed E-state index contributed by atoms with van der Waals surface area (Å²) in [4.78, 5) is 16.6. The summed E-state index contributed by atoms with van der Waals surface area (Å²) >= 11 is 1.22. The first-order chi connectivity index (χ1) is 12.2. The number of nitrogens with zero attached hydrogens (tertiary/aromatic N) is 1. The van der Waals surface area contributed by atoms with Gasteiger partial charge in [-0.15, -0.1) is 11.3 Å². The van der Waals surface area contributed by atoms with Crippen molar-refractivity contribution in [1.29, 1.82) is 0 Å². The Bertz CT molecular complexity index is 963. The Morgan fingerprint density at radius 2 is 1.88 bits per heavy atom. The zero-order valence-electron chi connectivity index (χ0n) is 14.0. The zero-order valence-corrected chi connectivity index (χ0v) is 14.8. The molecule has 0 radical (unpaired) electrons. The molecular formula is C19H15F3N2OS. The van der Waals surface area contributed by atoms with E-state index in [1.165, 1.54) is 23.5 Å². The highest BCUT2D eigenvalue weighted by Crippen LogP contribution is 2.30. The molecule has 3 rings (SSSR count). The molecule has 0 saturated carbocycles. The van der Waals surface area contributed by atoms with Crippen LogP contribution in [-0.2, 0) is 6.18 Å². The molecule has 0 aliphatic carbocycles. The average Bonchev–Trinajstić information content (AvgIpc) is 3.02. The lowest BCUT2D eigenvalue weighted by Crippen LogP contribution is -2.13. The Morgan fingerprint density at radius 3 is 2.58 bits per heavy atom. The highest BCUT2D eigenvalue weighted by molar-refractivity contribution is 7.14. The molecule has 26 heavy (non-hydrogen) atoms. The van der Waals surface area contributed by atoms with E-state index in [1.54, 1.807) is 5.38 Å². The van der Waals surface area contributed by atoms with Crippen molar-refractivity contribution in [3.8, 4) is 11.3 Å². The number of halogens is 3. The Balaban J connectivity index is 1.80. The zero-order chi connectivity index (χ0) is 18.9. The van der Waals surface area contributed by atoms with Crippen molar-refractivity contribution >= 4 is 22.4 Å². The fraction of sp³-hybridized carbons (Fsp3) is 0.158. The minimum Gasteiger partial charge on any atom is -0.298 e. The van der Waals surface area contributed by atoms with Crippen LogP contribution in [-0.4, -0.2) is 10.9 Å². The van der Waals surface area contributed by atoms with Gasteiger partial charge in [-0.25, -0.2) is 4.98 Å². The molecule has 0 bridgehead atoms. The molecule has 134 valence electrons. The summed E-state index contributed by atoms with van der Waals surface area (Å²) in [6.45, 7) is 3.97. The van der Waals surface area contributed by atoms with Gasteiger partial charge in [0.2, 0.25) is 0 Å². The molecule has 0 spiro atoms. The van der Waals surface area contributed by atoms with E-state index >= 15 is 0 Å². The van der Waals surface area contributed by atoms with Crippen LogP contribution in [0, 0.1) is 13.8 Å². The maximum Gasteiger partial charge on any atom is 0.416 e. The minimum absolute atomic E-state index is 0.0666. The first-order valence-electron chi connectivity index (χ1n) is 7.76. The number of benzene rings is 2. The number of hydrogen-bond donors (Lipinski definition) is 1. The Hall–Kier alpha value is -2.67. The second-order valence-electron chi connectivity index (χ2n) is 5.89. The number of rotatable bonds is 3. The van der Waals surface area contributed by atoms with E-state index in [4.69, 9.17) is 0 Å². The Kier molecular flexibility index (Phi) is 4.82. The van der Waals surface area contributed by atoms with Crippen LogP contribution in [0.2, 0.25) is 0 Å². The smallest absolute Gasteiger partial charge is 0.298 e. The molecule has 2 aromatic carbocycles. The lowest BCUT2D eigenvalue weighted by atomic mass is 10.0. The molecule has 1 heterocycles. The van der Waals surface area contributed by atoms with Gasteiger partial charge in [0.05, 0.1) is 11.3 Å². The maximum atomic E-state index is 12.8. The topological polar surface area (TPSA) is 42.0 Å². The number of anilines is 1. The van der Waals surface area contributed by atoms with E-state index in [-0.39, 0.29) is 5.56 Å². The van der Waals surface area contributed by atoms with Gasteiger partial charge < -0.3 is 0 Å². The van der Waals surface area contributed by atoms with Gasteiger partial charge in [0, 0.05) is 16.5 Å². The largest absolute Gasteiger partial charge is 0.416 e. The number of aryl methyl sites for hydroxylation is 2. The number of aromatic nitrogens is 1. The monoisotopic (exact) mass is 376 g/mol. The summed E-state index contributed by atoms with van der Waals surface area (Å²) in [5.41, 5.74) is 2.94. The predicted octanol–water partition coefficient (Wildman–Crippen LogP) is 5.70. The predicted molar refractivity (Wildman–Crippen MR) is 96.4 cm³/mol. The van der Waals surface area contributed by atoms with Crippen molar-refractivity contribution in [3.05, 3.63) is 70.1 Å². The number of nitrogens with one attached hydrogen (secondary N) is 1. The third-order valence-electron chi connectivity index (χ3n) is 3.83. The average molecular weight is 376 g/mol. The first-order valence-corrected chi connectivity index (χ1v) is 8.64. The van der Waals surface area contributed by atoms with Gasteiger partial charge >= 0.3 is 6.18 Å². The fourth-order valence-corrected chi connectivity index (χ4v) is 3.27. The van der Waals surface area contributed by atoms with Crippen molar-refractivity contribution in [1.82, 2.24) is 4.98 Å². The second kappa shape index (κ2) is 6.92. The van der Waals surface area contributed by atoms with Crippen LogP contribution in [0.25, 0.3) is 11.3 Å². The van der Waals surface area contributed by atoms with Gasteiger partial charge in [-0.2, -0.15) is 13.2 Å². The molecule has 1 amide bonds. The number of hydrogen-bond acceptors (Lipinski definition) is 3. The van der Waals surface area contributed by atoms with Crippen LogP contribution < -0.4 is 5.32 Å². The highest BCUT2D eigenvalue weighted by atomic mass is 32.1. The minimum atomic E-state index is -4.49. The van der Waals surface area contributed by atoms with Gasteiger partial charge in [0.25, 0.3) is 5.91 Å². The standard InChI is InChI=1S/C19H15F3N2OS/c1-11-6-7-15(12(2)8-11)16-10-26-18(23-16)24-17(25)13-4-3-5-14(9-13)19(20,21)22/h3-10H,1-2H3,(H,23,24,25). The molecular weight excluding hydrogens is 361 g/mol. The summed E-state index contributed by atoms with van der Waals surface area (Å²) in [6.07, 6.45) is -4.49. The van der Waals surface area contributed by atoms with Gasteiger partial charge in [-0.1, -0.05) is 29.8 Å². The molecule has 0 unspecified atom stereocenters. The molecule has 0 atom stereocenters. The normalized spacial score (nSPS) is 11.4. The third-order valence-corrected chi connectivity index (χ3v) is 4.59. The van der Waals surface area contributed by atoms with Crippen molar-refractivity contribution in [2.75, 3.05) is 5.32 Å². The van der Waals surface area contributed by atoms with Crippen LogP contribution >= 0.6 is 11.3 Å².